The van der Waals surface area contributed by atoms with Gasteiger partial charge >= 0.3 is 0 Å². The monoisotopic (exact) mass is 429 g/mol. The molecule has 0 radical (unpaired) electrons. The van der Waals surface area contributed by atoms with E-state index in [0.717, 1.165) is 25.7 Å². The number of nitrogens with zero attached hydrogens (tertiary/aromatic N) is 1. The number of amides is 1. The van der Waals surface area contributed by atoms with Crippen molar-refractivity contribution < 1.29 is 17.9 Å². The van der Waals surface area contributed by atoms with Gasteiger partial charge in [-0.1, -0.05) is 24.6 Å². The van der Waals surface area contributed by atoms with E-state index in [4.69, 9.17) is 16.3 Å². The number of carbonyl (C=O) groups is 1. The van der Waals surface area contributed by atoms with E-state index in [1.807, 2.05) is 4.90 Å². The number of anilines is 2. The predicted octanol–water partition coefficient (Wildman–Crippen LogP) is 2.61. The third-order valence-corrected chi connectivity index (χ3v) is 6.91. The normalized spacial score (nSPS) is 23.4. The average Bonchev–Trinajstić information content (AvgIpc) is 2.64. The highest BCUT2D eigenvalue weighted by molar-refractivity contribution is 7.90. The van der Waals surface area contributed by atoms with E-state index in [1.165, 1.54) is 0 Å². The molecule has 0 bridgehead atoms. The highest BCUT2D eigenvalue weighted by Crippen LogP contribution is 2.34. The molecule has 0 aromatic heterocycles. The molecule has 156 valence electrons. The van der Waals surface area contributed by atoms with Gasteiger partial charge < -0.3 is 15.0 Å². The minimum atomic E-state index is -3.69. The van der Waals surface area contributed by atoms with Crippen molar-refractivity contribution in [3.63, 3.8) is 0 Å². The van der Waals surface area contributed by atoms with Gasteiger partial charge in [0.05, 0.1) is 29.6 Å². The van der Waals surface area contributed by atoms with Crippen LogP contribution in [0.1, 0.15) is 32.6 Å². The van der Waals surface area contributed by atoms with Crippen molar-refractivity contribution in [3.05, 3.63) is 23.2 Å². The molecule has 0 atom stereocenters. The molecule has 1 aliphatic carbocycles. The zero-order valence-electron chi connectivity index (χ0n) is 16.1. The summed E-state index contributed by atoms with van der Waals surface area (Å²) < 4.78 is 32.9. The quantitative estimate of drug-likeness (QED) is 0.725. The second kappa shape index (κ2) is 9.43. The fourth-order valence-electron chi connectivity index (χ4n) is 3.76. The third kappa shape index (κ3) is 5.83. The first-order chi connectivity index (χ1) is 13.3. The smallest absolute Gasteiger partial charge is 0.241 e. The van der Waals surface area contributed by atoms with Crippen LogP contribution < -0.4 is 14.9 Å². The molecule has 9 heteroatoms. The molecule has 1 saturated heterocycles. The van der Waals surface area contributed by atoms with Crippen LogP contribution in [0.25, 0.3) is 0 Å². The zero-order valence-corrected chi connectivity index (χ0v) is 17.7. The van der Waals surface area contributed by atoms with E-state index < -0.39 is 21.7 Å². The zero-order chi connectivity index (χ0) is 20.1. The van der Waals surface area contributed by atoms with Crippen LogP contribution in [0.5, 0.6) is 0 Å². The van der Waals surface area contributed by atoms with Crippen molar-refractivity contribution >= 4 is 38.9 Å². The highest BCUT2D eigenvalue weighted by atomic mass is 35.5. The summed E-state index contributed by atoms with van der Waals surface area (Å²) in [6.45, 7) is 4.65. The van der Waals surface area contributed by atoms with Crippen LogP contribution in [-0.4, -0.2) is 52.4 Å². The van der Waals surface area contributed by atoms with Crippen LogP contribution in [0, 0.1) is 5.92 Å². The number of hydrogen-bond donors (Lipinski definition) is 2. The van der Waals surface area contributed by atoms with Crippen LogP contribution in [0.3, 0.4) is 0 Å². The van der Waals surface area contributed by atoms with Crippen molar-refractivity contribution in [2.45, 2.75) is 38.6 Å². The number of para-hydroxylation sites is 1. The van der Waals surface area contributed by atoms with Gasteiger partial charge in [-0.2, -0.15) is 0 Å². The van der Waals surface area contributed by atoms with E-state index in [-0.39, 0.29) is 6.04 Å². The standard InChI is InChI=1S/C19H28ClN3O4S/c1-14-5-7-15(8-6-14)22-28(25,26)13-18(24)21-17-4-2-3-16(20)19(17)23-9-11-27-12-10-23/h2-4,14-15,22H,5-13H2,1H3,(H,21,24). The Kier molecular flexibility index (Phi) is 7.20. The molecule has 1 aromatic rings. The van der Waals surface area contributed by atoms with E-state index in [1.54, 1.807) is 18.2 Å². The maximum atomic E-state index is 12.5. The Balaban J connectivity index is 1.63. The molecule has 1 heterocycles. The van der Waals surface area contributed by atoms with Crippen LogP contribution in [0.2, 0.25) is 5.02 Å². The van der Waals surface area contributed by atoms with Gasteiger partial charge in [-0.3, -0.25) is 4.79 Å². The van der Waals surface area contributed by atoms with E-state index >= 15 is 0 Å². The summed E-state index contributed by atoms with van der Waals surface area (Å²) in [6, 6.07) is 5.14. The van der Waals surface area contributed by atoms with Crippen LogP contribution in [-0.2, 0) is 19.6 Å². The molecule has 1 aromatic carbocycles. The van der Waals surface area contributed by atoms with Gasteiger partial charge in [-0.25, -0.2) is 13.1 Å². The molecule has 0 spiro atoms. The summed E-state index contributed by atoms with van der Waals surface area (Å²) >= 11 is 6.36. The van der Waals surface area contributed by atoms with Crippen LogP contribution in [0.15, 0.2) is 18.2 Å². The predicted molar refractivity (Wildman–Crippen MR) is 111 cm³/mol. The first-order valence-electron chi connectivity index (χ1n) is 9.75. The van der Waals surface area contributed by atoms with Crippen LogP contribution in [0.4, 0.5) is 11.4 Å². The van der Waals surface area contributed by atoms with Crippen molar-refractivity contribution in [3.8, 4) is 0 Å². The van der Waals surface area contributed by atoms with Crippen molar-refractivity contribution in [1.82, 2.24) is 4.72 Å². The second-order valence-electron chi connectivity index (χ2n) is 7.62. The van der Waals surface area contributed by atoms with Gasteiger partial charge in [0.15, 0.2) is 0 Å². The summed E-state index contributed by atoms with van der Waals surface area (Å²) in [6.07, 6.45) is 3.64. The number of benzene rings is 1. The number of hydrogen-bond acceptors (Lipinski definition) is 5. The van der Waals surface area contributed by atoms with Gasteiger partial charge in [-0.05, 0) is 43.7 Å². The van der Waals surface area contributed by atoms with Crippen LogP contribution >= 0.6 is 11.6 Å². The number of sulfonamides is 1. The van der Waals surface area contributed by atoms with Gasteiger partial charge in [0.1, 0.15) is 5.75 Å². The Morgan fingerprint density at radius 1 is 1.21 bits per heavy atom. The molecular formula is C19H28ClN3O4S. The minimum Gasteiger partial charge on any atom is -0.378 e. The van der Waals surface area contributed by atoms with E-state index in [0.29, 0.717) is 48.6 Å². The summed E-state index contributed by atoms with van der Waals surface area (Å²) in [5, 5.41) is 3.24. The number of nitrogens with one attached hydrogen (secondary N) is 2. The molecule has 1 saturated carbocycles. The number of morpholine rings is 1. The lowest BCUT2D eigenvalue weighted by Crippen LogP contribution is -2.41. The molecule has 7 nitrogen and oxygen atoms in total. The molecule has 2 aliphatic rings. The molecule has 0 unspecified atom stereocenters. The first-order valence-corrected chi connectivity index (χ1v) is 11.8. The summed E-state index contributed by atoms with van der Waals surface area (Å²) in [5.41, 5.74) is 1.22. The summed E-state index contributed by atoms with van der Waals surface area (Å²) in [5.74, 6) is -0.548. The Bertz CT molecular complexity index is 788. The lowest BCUT2D eigenvalue weighted by molar-refractivity contribution is -0.113. The number of rotatable bonds is 6. The maximum Gasteiger partial charge on any atom is 0.241 e. The third-order valence-electron chi connectivity index (χ3n) is 5.27. The molecule has 2 fully saturated rings. The van der Waals surface area contributed by atoms with Gasteiger partial charge in [-0.15, -0.1) is 0 Å². The first kappa shape index (κ1) is 21.4. The Morgan fingerprint density at radius 3 is 2.57 bits per heavy atom. The molecule has 28 heavy (non-hydrogen) atoms. The number of halogens is 1. The fraction of sp³-hybridized carbons (Fsp3) is 0.632. The Labute approximate surface area is 171 Å². The summed E-state index contributed by atoms with van der Waals surface area (Å²) in [7, 11) is -3.69. The largest absolute Gasteiger partial charge is 0.378 e. The molecular weight excluding hydrogens is 402 g/mol. The van der Waals surface area contributed by atoms with Crippen molar-refractivity contribution in [1.29, 1.82) is 0 Å². The topological polar surface area (TPSA) is 87.7 Å². The number of ether oxygens (including phenoxy) is 1. The maximum absolute atomic E-state index is 12.5. The average molecular weight is 430 g/mol. The van der Waals surface area contributed by atoms with Crippen molar-refractivity contribution in [2.24, 2.45) is 5.92 Å². The Hall–Kier alpha value is -1.35. The molecule has 3 rings (SSSR count). The van der Waals surface area contributed by atoms with E-state index in [9.17, 15) is 13.2 Å². The van der Waals surface area contributed by atoms with Crippen molar-refractivity contribution in [2.75, 3.05) is 42.3 Å². The van der Waals surface area contributed by atoms with Gasteiger partial charge in [0.25, 0.3) is 0 Å². The fourth-order valence-corrected chi connectivity index (χ4v) is 5.30. The SMILES string of the molecule is CC1CCC(NS(=O)(=O)CC(=O)Nc2cccc(Cl)c2N2CCOCC2)CC1. The second-order valence-corrected chi connectivity index (χ2v) is 9.78. The van der Waals surface area contributed by atoms with E-state index in [2.05, 4.69) is 17.0 Å². The van der Waals surface area contributed by atoms with Gasteiger partial charge in [0, 0.05) is 19.1 Å². The minimum absolute atomic E-state index is 0.0796. The lowest BCUT2D eigenvalue weighted by Gasteiger charge is -2.31. The summed E-state index contributed by atoms with van der Waals surface area (Å²) in [4.78, 5) is 14.5. The molecule has 2 N–H and O–H groups in total. The molecule has 1 amide bonds. The molecule has 1 aliphatic heterocycles. The Morgan fingerprint density at radius 2 is 1.89 bits per heavy atom. The van der Waals surface area contributed by atoms with Gasteiger partial charge in [0.2, 0.25) is 15.9 Å². The number of carbonyl (C=O) groups excluding carboxylic acids is 1. The lowest BCUT2D eigenvalue weighted by atomic mass is 9.88. The highest BCUT2D eigenvalue weighted by Gasteiger charge is 2.26.